The Bertz CT molecular complexity index is 339. The second kappa shape index (κ2) is 4.81. The number of benzene rings is 1. The van der Waals surface area contributed by atoms with Crippen LogP contribution in [0.5, 0.6) is 5.75 Å². The second-order valence-corrected chi connectivity index (χ2v) is 4.18. The van der Waals surface area contributed by atoms with Gasteiger partial charge in [0.05, 0.1) is 7.11 Å². The van der Waals surface area contributed by atoms with E-state index in [1.54, 1.807) is 32.2 Å². The van der Waals surface area contributed by atoms with E-state index in [1.807, 2.05) is 0 Å². The Labute approximate surface area is 94.2 Å². The van der Waals surface area contributed by atoms with E-state index in [1.165, 1.54) is 0 Å². The molecule has 84 valence electrons. The van der Waals surface area contributed by atoms with Gasteiger partial charge in [0.1, 0.15) is 12.4 Å². The number of nitrogens with two attached hydrogens (primary N) is 1. The molecule has 0 aliphatic carbocycles. The van der Waals surface area contributed by atoms with Crippen LogP contribution in [0.1, 0.15) is 12.5 Å². The fourth-order valence-corrected chi connectivity index (χ4v) is 1.56. The van der Waals surface area contributed by atoms with E-state index in [4.69, 9.17) is 22.1 Å². The summed E-state index contributed by atoms with van der Waals surface area (Å²) < 4.78 is 18.2. The number of hydrogen-bond donors (Lipinski definition) is 1. The van der Waals surface area contributed by atoms with E-state index in [2.05, 4.69) is 0 Å². The summed E-state index contributed by atoms with van der Waals surface area (Å²) in [6, 6.07) is 5.13. The highest BCUT2D eigenvalue weighted by Gasteiger charge is 2.28. The molecule has 0 bridgehead atoms. The van der Waals surface area contributed by atoms with Crippen LogP contribution in [0.2, 0.25) is 5.02 Å². The minimum absolute atomic E-state index is 0.209. The summed E-state index contributed by atoms with van der Waals surface area (Å²) in [7, 11) is 1.54. The molecule has 1 aromatic rings. The largest absolute Gasteiger partial charge is 0.496 e. The zero-order chi connectivity index (χ0) is 11.5. The monoisotopic (exact) mass is 231 g/mol. The van der Waals surface area contributed by atoms with Gasteiger partial charge < -0.3 is 10.5 Å². The van der Waals surface area contributed by atoms with Crippen LogP contribution in [-0.4, -0.2) is 20.3 Å². The van der Waals surface area contributed by atoms with E-state index in [0.717, 1.165) is 0 Å². The third-order valence-corrected chi connectivity index (χ3v) is 2.79. The van der Waals surface area contributed by atoms with Crippen molar-refractivity contribution in [2.45, 2.75) is 12.3 Å². The van der Waals surface area contributed by atoms with Crippen LogP contribution in [0.3, 0.4) is 0 Å². The van der Waals surface area contributed by atoms with E-state index < -0.39 is 12.1 Å². The smallest absolute Gasteiger partial charge is 0.122 e. The molecule has 1 atom stereocenters. The van der Waals surface area contributed by atoms with Gasteiger partial charge in [-0.3, -0.25) is 4.39 Å². The summed E-state index contributed by atoms with van der Waals surface area (Å²) in [5, 5.41) is 0.555. The maximum atomic E-state index is 13.0. The molecule has 0 aromatic heterocycles. The summed E-state index contributed by atoms with van der Waals surface area (Å²) in [5.74, 6) is 0.616. The molecule has 2 N–H and O–H groups in total. The standard InChI is InChI=1S/C11H15ClFNO/c1-11(6-13,7-14)9-5-8(12)3-4-10(9)15-2/h3-5H,6-7,14H2,1-2H3. The van der Waals surface area contributed by atoms with Gasteiger partial charge in [-0.25, -0.2) is 0 Å². The minimum atomic E-state index is -0.740. The summed E-state index contributed by atoms with van der Waals surface area (Å²) in [6.07, 6.45) is 0. The van der Waals surface area contributed by atoms with Crippen LogP contribution in [0.15, 0.2) is 18.2 Å². The molecular formula is C11H15ClFNO. The lowest BCUT2D eigenvalue weighted by molar-refractivity contribution is 0.318. The second-order valence-electron chi connectivity index (χ2n) is 3.74. The molecule has 0 radical (unpaired) electrons. The average molecular weight is 232 g/mol. The molecule has 1 unspecified atom stereocenters. The van der Waals surface area contributed by atoms with Gasteiger partial charge in [0.25, 0.3) is 0 Å². The quantitative estimate of drug-likeness (QED) is 0.864. The molecule has 0 aliphatic heterocycles. The molecule has 0 saturated heterocycles. The lowest BCUT2D eigenvalue weighted by Gasteiger charge is -2.26. The maximum absolute atomic E-state index is 13.0. The predicted molar refractivity (Wildman–Crippen MR) is 60.4 cm³/mol. The molecule has 0 amide bonds. The summed E-state index contributed by atoms with van der Waals surface area (Å²) in [5.41, 5.74) is 5.56. The molecule has 15 heavy (non-hydrogen) atoms. The van der Waals surface area contributed by atoms with E-state index in [-0.39, 0.29) is 6.54 Å². The van der Waals surface area contributed by atoms with Crippen LogP contribution < -0.4 is 10.5 Å². The molecule has 2 nitrogen and oxygen atoms in total. The summed E-state index contributed by atoms with van der Waals surface area (Å²) in [6.45, 7) is 1.42. The van der Waals surface area contributed by atoms with Crippen LogP contribution >= 0.6 is 11.6 Å². The van der Waals surface area contributed by atoms with Crippen molar-refractivity contribution in [2.24, 2.45) is 5.73 Å². The Kier molecular flexibility index (Phi) is 3.94. The van der Waals surface area contributed by atoms with Gasteiger partial charge in [-0.1, -0.05) is 18.5 Å². The SMILES string of the molecule is COc1ccc(Cl)cc1C(C)(CN)CF. The van der Waals surface area contributed by atoms with Gasteiger partial charge in [-0.05, 0) is 18.2 Å². The van der Waals surface area contributed by atoms with Gasteiger partial charge >= 0.3 is 0 Å². The molecule has 1 aromatic carbocycles. The molecule has 0 fully saturated rings. The third-order valence-electron chi connectivity index (χ3n) is 2.56. The van der Waals surface area contributed by atoms with Crippen molar-refractivity contribution < 1.29 is 9.13 Å². The Morgan fingerprint density at radius 1 is 1.53 bits per heavy atom. The number of hydrogen-bond acceptors (Lipinski definition) is 2. The minimum Gasteiger partial charge on any atom is -0.496 e. The fourth-order valence-electron chi connectivity index (χ4n) is 1.39. The highest BCUT2D eigenvalue weighted by atomic mass is 35.5. The molecule has 0 saturated carbocycles. The van der Waals surface area contributed by atoms with Crippen molar-refractivity contribution in [1.29, 1.82) is 0 Å². The maximum Gasteiger partial charge on any atom is 0.122 e. The molecule has 0 spiro atoms. The van der Waals surface area contributed by atoms with Crippen molar-refractivity contribution >= 4 is 11.6 Å². The summed E-state index contributed by atoms with van der Waals surface area (Å²) in [4.78, 5) is 0. The van der Waals surface area contributed by atoms with Crippen LogP contribution in [0.4, 0.5) is 4.39 Å². The molecule has 4 heteroatoms. The number of rotatable bonds is 4. The first-order valence-electron chi connectivity index (χ1n) is 4.67. The zero-order valence-corrected chi connectivity index (χ0v) is 9.64. The van der Waals surface area contributed by atoms with Crippen molar-refractivity contribution in [1.82, 2.24) is 0 Å². The van der Waals surface area contributed by atoms with Gasteiger partial charge in [0.2, 0.25) is 0 Å². The predicted octanol–water partition coefficient (Wildman–Crippen LogP) is 2.53. The van der Waals surface area contributed by atoms with Gasteiger partial charge in [-0.2, -0.15) is 0 Å². The lowest BCUT2D eigenvalue weighted by Crippen LogP contribution is -2.34. The first-order valence-corrected chi connectivity index (χ1v) is 5.05. The Morgan fingerprint density at radius 2 is 2.20 bits per heavy atom. The molecule has 0 heterocycles. The zero-order valence-electron chi connectivity index (χ0n) is 8.89. The number of alkyl halides is 1. The van der Waals surface area contributed by atoms with Crippen LogP contribution in [-0.2, 0) is 5.41 Å². The number of halogens is 2. The topological polar surface area (TPSA) is 35.2 Å². The van der Waals surface area contributed by atoms with Crippen LogP contribution in [0.25, 0.3) is 0 Å². The fraction of sp³-hybridized carbons (Fsp3) is 0.455. The average Bonchev–Trinajstić information content (AvgIpc) is 2.28. The van der Waals surface area contributed by atoms with Gasteiger partial charge in [0, 0.05) is 22.5 Å². The highest BCUT2D eigenvalue weighted by Crippen LogP contribution is 2.33. The lowest BCUT2D eigenvalue weighted by atomic mass is 9.83. The van der Waals surface area contributed by atoms with E-state index in [9.17, 15) is 4.39 Å². The first-order chi connectivity index (χ1) is 7.07. The van der Waals surface area contributed by atoms with E-state index in [0.29, 0.717) is 16.3 Å². The Balaban J connectivity index is 3.26. The third kappa shape index (κ3) is 2.41. The highest BCUT2D eigenvalue weighted by molar-refractivity contribution is 6.30. The first kappa shape index (κ1) is 12.3. The van der Waals surface area contributed by atoms with E-state index >= 15 is 0 Å². The Hall–Kier alpha value is -0.800. The van der Waals surface area contributed by atoms with Crippen molar-refractivity contribution in [3.05, 3.63) is 28.8 Å². The molecular weight excluding hydrogens is 217 g/mol. The number of methoxy groups -OCH3 is 1. The van der Waals surface area contributed by atoms with Crippen molar-refractivity contribution in [3.8, 4) is 5.75 Å². The Morgan fingerprint density at radius 3 is 2.67 bits per heavy atom. The normalized spacial score (nSPS) is 14.7. The molecule has 1 rings (SSSR count). The van der Waals surface area contributed by atoms with Crippen LogP contribution in [0, 0.1) is 0 Å². The number of ether oxygens (including phenoxy) is 1. The molecule has 0 aliphatic rings. The van der Waals surface area contributed by atoms with Gasteiger partial charge in [0.15, 0.2) is 0 Å². The summed E-state index contributed by atoms with van der Waals surface area (Å²) >= 11 is 5.87. The van der Waals surface area contributed by atoms with Crippen molar-refractivity contribution in [2.75, 3.05) is 20.3 Å². The van der Waals surface area contributed by atoms with Crippen molar-refractivity contribution in [3.63, 3.8) is 0 Å². The van der Waals surface area contributed by atoms with Gasteiger partial charge in [-0.15, -0.1) is 0 Å².